The van der Waals surface area contributed by atoms with Crippen LogP contribution >= 0.6 is 0 Å². The predicted octanol–water partition coefficient (Wildman–Crippen LogP) is 4.14. The van der Waals surface area contributed by atoms with Crippen molar-refractivity contribution in [2.45, 2.75) is 25.4 Å². The van der Waals surface area contributed by atoms with E-state index in [-0.39, 0.29) is 17.1 Å². The third-order valence-corrected chi connectivity index (χ3v) is 4.72. The molecule has 0 aliphatic carbocycles. The summed E-state index contributed by atoms with van der Waals surface area (Å²) in [4.78, 5) is 20.2. The van der Waals surface area contributed by atoms with Crippen molar-refractivity contribution >= 4 is 0 Å². The highest BCUT2D eigenvalue weighted by Gasteiger charge is 2.36. The fraction of sp³-hybridized carbons (Fsp3) is 0.200. The van der Waals surface area contributed by atoms with E-state index in [1.165, 1.54) is 30.9 Å². The van der Waals surface area contributed by atoms with Gasteiger partial charge in [-0.3, -0.25) is 9.97 Å². The Morgan fingerprint density at radius 3 is 2.22 bits per heavy atom. The summed E-state index contributed by atoms with van der Waals surface area (Å²) in [7, 11) is 0. The lowest BCUT2D eigenvalue weighted by molar-refractivity contribution is -0.144. The molecule has 7 nitrogen and oxygen atoms in total. The van der Waals surface area contributed by atoms with E-state index < -0.39 is 29.1 Å². The molecular formula is C20H14F5N7. The normalized spacial score (nSPS) is 12.2. The summed E-state index contributed by atoms with van der Waals surface area (Å²) in [6.45, 7) is 3.50. The van der Waals surface area contributed by atoms with Gasteiger partial charge in [-0.15, -0.1) is 5.10 Å². The quantitative estimate of drug-likeness (QED) is 0.438. The first-order valence-corrected chi connectivity index (χ1v) is 9.15. The summed E-state index contributed by atoms with van der Waals surface area (Å²) in [5, 5.41) is 3.40. The molecule has 0 amide bonds. The van der Waals surface area contributed by atoms with Crippen molar-refractivity contribution in [1.82, 2.24) is 34.7 Å². The van der Waals surface area contributed by atoms with E-state index in [0.29, 0.717) is 11.4 Å². The zero-order valence-corrected chi connectivity index (χ0v) is 16.6. The van der Waals surface area contributed by atoms with Gasteiger partial charge in [0.1, 0.15) is 18.0 Å². The number of halogens is 5. The molecule has 0 radical (unpaired) electrons. The smallest absolute Gasteiger partial charge is 0.261 e. The molecule has 164 valence electrons. The minimum absolute atomic E-state index is 0.0206. The standard InChI is InChI=1S/C20H14F5N7/c1-19(2,15-7-26-6-14(29-15)12-4-3-11(21)5-13(12)22)16-8-27-9-17(30-16)32-10-28-18(31-32)20(23,24)25/h3-10H,1-2H3. The zero-order chi connectivity index (χ0) is 23.1. The Balaban J connectivity index is 1.71. The van der Waals surface area contributed by atoms with Gasteiger partial charge in [-0.25, -0.2) is 28.4 Å². The molecule has 0 spiro atoms. The predicted molar refractivity (Wildman–Crippen MR) is 101 cm³/mol. The Morgan fingerprint density at radius 1 is 0.875 bits per heavy atom. The van der Waals surface area contributed by atoms with Gasteiger partial charge >= 0.3 is 6.18 Å². The van der Waals surface area contributed by atoms with Crippen molar-refractivity contribution in [3.8, 4) is 17.1 Å². The van der Waals surface area contributed by atoms with Crippen LogP contribution < -0.4 is 0 Å². The van der Waals surface area contributed by atoms with Crippen LogP contribution in [0.5, 0.6) is 0 Å². The third kappa shape index (κ3) is 4.03. The second-order valence-electron chi connectivity index (χ2n) is 7.31. The van der Waals surface area contributed by atoms with E-state index in [1.54, 1.807) is 13.8 Å². The summed E-state index contributed by atoms with van der Waals surface area (Å²) in [5.74, 6) is -2.79. The van der Waals surface area contributed by atoms with Crippen LogP contribution in [0.2, 0.25) is 0 Å². The SMILES string of the molecule is CC(C)(c1cncc(-c2ccc(F)cc2F)n1)c1cncc(-n2cnc(C(F)(F)F)n2)n1. The Bertz CT molecular complexity index is 1280. The number of aromatic nitrogens is 7. The lowest BCUT2D eigenvalue weighted by Crippen LogP contribution is -2.24. The van der Waals surface area contributed by atoms with Gasteiger partial charge in [0, 0.05) is 24.0 Å². The highest BCUT2D eigenvalue weighted by molar-refractivity contribution is 5.59. The molecule has 0 atom stereocenters. The Labute approximate surface area is 178 Å². The van der Waals surface area contributed by atoms with Crippen LogP contribution in [0.4, 0.5) is 22.0 Å². The highest BCUT2D eigenvalue weighted by Crippen LogP contribution is 2.31. The molecule has 4 aromatic rings. The molecule has 0 aliphatic rings. The molecule has 0 aliphatic heterocycles. The first-order valence-electron chi connectivity index (χ1n) is 9.15. The minimum atomic E-state index is -4.69. The number of hydrogen-bond donors (Lipinski definition) is 0. The van der Waals surface area contributed by atoms with Crippen LogP contribution in [-0.4, -0.2) is 34.7 Å². The van der Waals surface area contributed by atoms with E-state index in [0.717, 1.165) is 23.1 Å². The first kappa shape index (κ1) is 21.4. The maximum absolute atomic E-state index is 14.2. The average molecular weight is 447 g/mol. The maximum Gasteiger partial charge on any atom is 0.453 e. The largest absolute Gasteiger partial charge is 0.453 e. The zero-order valence-electron chi connectivity index (χ0n) is 16.6. The molecule has 3 aromatic heterocycles. The van der Waals surface area contributed by atoms with Crippen LogP contribution in [0.3, 0.4) is 0 Å². The molecule has 1 aromatic carbocycles. The first-order chi connectivity index (χ1) is 15.1. The molecule has 0 bridgehead atoms. The van der Waals surface area contributed by atoms with Crippen molar-refractivity contribution in [2.75, 3.05) is 0 Å². The van der Waals surface area contributed by atoms with Crippen LogP contribution in [0.15, 0.2) is 49.3 Å². The molecule has 3 heterocycles. The molecule has 4 rings (SSSR count). The van der Waals surface area contributed by atoms with Crippen molar-refractivity contribution in [1.29, 1.82) is 0 Å². The Hall–Kier alpha value is -3.83. The van der Waals surface area contributed by atoms with E-state index in [1.807, 2.05) is 0 Å². The number of rotatable bonds is 4. The second kappa shape index (κ2) is 7.70. The molecule has 0 saturated heterocycles. The van der Waals surface area contributed by atoms with Gasteiger partial charge in [0.15, 0.2) is 5.82 Å². The summed E-state index contributed by atoms with van der Waals surface area (Å²) in [5.41, 5.74) is 0.0717. The van der Waals surface area contributed by atoms with Crippen LogP contribution in [0, 0.1) is 11.6 Å². The maximum atomic E-state index is 14.2. The van der Waals surface area contributed by atoms with Gasteiger partial charge in [0.2, 0.25) is 0 Å². The highest BCUT2D eigenvalue weighted by atomic mass is 19.4. The number of alkyl halides is 3. The lowest BCUT2D eigenvalue weighted by atomic mass is 9.86. The van der Waals surface area contributed by atoms with E-state index in [2.05, 4.69) is 30.0 Å². The van der Waals surface area contributed by atoms with Gasteiger partial charge < -0.3 is 0 Å². The number of benzene rings is 1. The molecule has 0 fully saturated rings. The summed E-state index contributed by atoms with van der Waals surface area (Å²) < 4.78 is 66.7. The second-order valence-corrected chi connectivity index (χ2v) is 7.31. The van der Waals surface area contributed by atoms with Gasteiger partial charge in [-0.05, 0) is 26.0 Å². The van der Waals surface area contributed by atoms with E-state index in [4.69, 9.17) is 0 Å². The fourth-order valence-electron chi connectivity index (χ4n) is 2.90. The summed E-state index contributed by atoms with van der Waals surface area (Å²) in [6, 6.07) is 3.12. The monoisotopic (exact) mass is 447 g/mol. The topological polar surface area (TPSA) is 82.3 Å². The molecule has 0 saturated carbocycles. The fourth-order valence-corrected chi connectivity index (χ4v) is 2.90. The molecule has 0 unspecified atom stereocenters. The molecule has 32 heavy (non-hydrogen) atoms. The summed E-state index contributed by atoms with van der Waals surface area (Å²) >= 11 is 0. The molecule has 0 N–H and O–H groups in total. The minimum Gasteiger partial charge on any atom is -0.261 e. The van der Waals surface area contributed by atoms with Gasteiger partial charge in [-0.1, -0.05) is 0 Å². The van der Waals surface area contributed by atoms with Gasteiger partial charge in [0.25, 0.3) is 5.82 Å². The van der Waals surface area contributed by atoms with E-state index >= 15 is 0 Å². The lowest BCUT2D eigenvalue weighted by Gasteiger charge is -2.23. The third-order valence-electron chi connectivity index (χ3n) is 4.72. The van der Waals surface area contributed by atoms with Crippen LogP contribution in [0.1, 0.15) is 31.1 Å². The van der Waals surface area contributed by atoms with Crippen molar-refractivity contribution in [2.24, 2.45) is 0 Å². The Kier molecular flexibility index (Phi) is 5.15. The van der Waals surface area contributed by atoms with Crippen molar-refractivity contribution in [3.63, 3.8) is 0 Å². The van der Waals surface area contributed by atoms with Gasteiger partial charge in [0.05, 0.1) is 34.9 Å². The molecular weight excluding hydrogens is 433 g/mol. The Morgan fingerprint density at radius 2 is 1.56 bits per heavy atom. The number of hydrogen-bond acceptors (Lipinski definition) is 6. The van der Waals surface area contributed by atoms with Crippen LogP contribution in [0.25, 0.3) is 17.1 Å². The van der Waals surface area contributed by atoms with Gasteiger partial charge in [-0.2, -0.15) is 13.2 Å². The number of nitrogens with zero attached hydrogens (tertiary/aromatic N) is 7. The van der Waals surface area contributed by atoms with E-state index in [9.17, 15) is 22.0 Å². The molecule has 12 heteroatoms. The van der Waals surface area contributed by atoms with Crippen molar-refractivity contribution in [3.05, 3.63) is 78.2 Å². The average Bonchev–Trinajstić information content (AvgIpc) is 3.25. The summed E-state index contributed by atoms with van der Waals surface area (Å²) in [6.07, 6.45) is 1.66. The van der Waals surface area contributed by atoms with Crippen molar-refractivity contribution < 1.29 is 22.0 Å². The van der Waals surface area contributed by atoms with Crippen LogP contribution in [-0.2, 0) is 11.6 Å².